The average molecular weight is 252 g/mol. The Morgan fingerprint density at radius 3 is 2.72 bits per heavy atom. The van der Waals surface area contributed by atoms with Crippen LogP contribution < -0.4 is 5.32 Å². The van der Waals surface area contributed by atoms with E-state index >= 15 is 0 Å². The zero-order valence-electron chi connectivity index (χ0n) is 11.7. The van der Waals surface area contributed by atoms with Crippen molar-refractivity contribution in [3.63, 3.8) is 0 Å². The van der Waals surface area contributed by atoms with Crippen molar-refractivity contribution >= 4 is 0 Å². The fraction of sp³-hybridized carbons (Fsp3) is 1.00. The molecule has 0 aromatic carbocycles. The van der Waals surface area contributed by atoms with Gasteiger partial charge in [-0.05, 0) is 57.4 Å². The highest BCUT2D eigenvalue weighted by atomic mass is 16.3. The van der Waals surface area contributed by atoms with Crippen LogP contribution in [0.1, 0.15) is 51.9 Å². The van der Waals surface area contributed by atoms with Gasteiger partial charge in [0.15, 0.2) is 0 Å². The van der Waals surface area contributed by atoms with E-state index in [1.165, 1.54) is 45.2 Å². The molecule has 3 rings (SSSR count). The first-order chi connectivity index (χ1) is 8.66. The summed E-state index contributed by atoms with van der Waals surface area (Å²) in [7, 11) is 0. The molecule has 1 aliphatic carbocycles. The van der Waals surface area contributed by atoms with Crippen LogP contribution in [0.15, 0.2) is 0 Å². The number of fused-ring (bicyclic) bond motifs is 1. The van der Waals surface area contributed by atoms with Gasteiger partial charge in [-0.1, -0.05) is 6.92 Å². The molecule has 18 heavy (non-hydrogen) atoms. The van der Waals surface area contributed by atoms with Crippen molar-refractivity contribution in [1.82, 2.24) is 10.2 Å². The van der Waals surface area contributed by atoms with Gasteiger partial charge in [0.25, 0.3) is 0 Å². The number of hydrogen-bond acceptors (Lipinski definition) is 3. The molecule has 2 aliphatic heterocycles. The summed E-state index contributed by atoms with van der Waals surface area (Å²) in [5, 5.41) is 14.3. The molecule has 2 N–H and O–H groups in total. The number of nitrogens with one attached hydrogen (secondary N) is 1. The quantitative estimate of drug-likeness (QED) is 0.803. The van der Waals surface area contributed by atoms with E-state index in [2.05, 4.69) is 17.1 Å². The van der Waals surface area contributed by atoms with Crippen LogP contribution in [0.3, 0.4) is 0 Å². The van der Waals surface area contributed by atoms with E-state index in [4.69, 9.17) is 0 Å². The summed E-state index contributed by atoms with van der Waals surface area (Å²) in [5.41, 5.74) is -0.418. The lowest BCUT2D eigenvalue weighted by molar-refractivity contribution is -0.00871. The summed E-state index contributed by atoms with van der Waals surface area (Å²) in [5.74, 6) is 0.807. The van der Waals surface area contributed by atoms with E-state index in [9.17, 15) is 5.11 Å². The molecule has 1 saturated carbocycles. The summed E-state index contributed by atoms with van der Waals surface area (Å²) in [6, 6.07) is 1.40. The van der Waals surface area contributed by atoms with E-state index in [-0.39, 0.29) is 0 Å². The first-order valence-corrected chi connectivity index (χ1v) is 7.86. The van der Waals surface area contributed by atoms with Crippen molar-refractivity contribution in [1.29, 1.82) is 0 Å². The summed E-state index contributed by atoms with van der Waals surface area (Å²) in [6.45, 7) is 5.68. The summed E-state index contributed by atoms with van der Waals surface area (Å²) in [4.78, 5) is 2.63. The Kier molecular flexibility index (Phi) is 3.65. The first-order valence-electron chi connectivity index (χ1n) is 7.86. The molecule has 3 aliphatic rings. The molecule has 3 heteroatoms. The second-order valence-corrected chi connectivity index (χ2v) is 6.93. The molecule has 3 fully saturated rings. The minimum absolute atomic E-state index is 0.418. The molecular formula is C15H28N2O. The molecule has 0 spiro atoms. The molecule has 3 nitrogen and oxygen atoms in total. The van der Waals surface area contributed by atoms with Crippen LogP contribution in [0.25, 0.3) is 0 Å². The van der Waals surface area contributed by atoms with Gasteiger partial charge in [0.2, 0.25) is 0 Å². The fourth-order valence-electron chi connectivity index (χ4n) is 4.12. The van der Waals surface area contributed by atoms with Crippen LogP contribution in [0.2, 0.25) is 0 Å². The summed E-state index contributed by atoms with van der Waals surface area (Å²) >= 11 is 0. The van der Waals surface area contributed by atoms with Crippen molar-refractivity contribution in [2.45, 2.75) is 69.6 Å². The molecular weight excluding hydrogens is 224 g/mol. The van der Waals surface area contributed by atoms with Crippen molar-refractivity contribution in [2.75, 3.05) is 19.6 Å². The van der Waals surface area contributed by atoms with E-state index in [1.807, 2.05) is 0 Å². The predicted octanol–water partition coefficient (Wildman–Crippen LogP) is 1.75. The minimum Gasteiger partial charge on any atom is -0.389 e. The maximum Gasteiger partial charge on any atom is 0.0771 e. The van der Waals surface area contributed by atoms with Gasteiger partial charge in [0.05, 0.1) is 5.60 Å². The van der Waals surface area contributed by atoms with Gasteiger partial charge >= 0.3 is 0 Å². The first kappa shape index (κ1) is 12.9. The molecule has 2 unspecified atom stereocenters. The standard InChI is InChI=1S/C15H28N2O/c1-12-4-7-15(18,8-5-12)11-16-13-6-10-17-9-2-3-14(13)17/h12-14,16,18H,2-11H2,1H3. The number of hydrogen-bond donors (Lipinski definition) is 2. The summed E-state index contributed by atoms with van der Waals surface area (Å²) in [6.07, 6.45) is 8.36. The van der Waals surface area contributed by atoms with Crippen molar-refractivity contribution in [3.8, 4) is 0 Å². The van der Waals surface area contributed by atoms with Crippen LogP contribution in [0.5, 0.6) is 0 Å². The monoisotopic (exact) mass is 252 g/mol. The minimum atomic E-state index is -0.418. The lowest BCUT2D eigenvalue weighted by Gasteiger charge is -2.36. The molecule has 2 heterocycles. The number of rotatable bonds is 3. The lowest BCUT2D eigenvalue weighted by atomic mass is 9.79. The van der Waals surface area contributed by atoms with Gasteiger partial charge in [-0.25, -0.2) is 0 Å². The fourth-order valence-corrected chi connectivity index (χ4v) is 4.12. The Labute approximate surface area is 111 Å². The Balaban J connectivity index is 1.49. The highest BCUT2D eigenvalue weighted by Crippen LogP contribution is 2.32. The normalized spacial score (nSPS) is 45.3. The second-order valence-electron chi connectivity index (χ2n) is 6.93. The Bertz CT molecular complexity index is 286. The van der Waals surface area contributed by atoms with Crippen LogP contribution in [0, 0.1) is 5.92 Å². The maximum atomic E-state index is 10.6. The molecule has 0 amide bonds. The van der Waals surface area contributed by atoms with E-state index < -0.39 is 5.60 Å². The number of aliphatic hydroxyl groups is 1. The highest BCUT2D eigenvalue weighted by Gasteiger charge is 2.39. The van der Waals surface area contributed by atoms with E-state index in [0.717, 1.165) is 31.3 Å². The molecule has 0 aromatic heterocycles. The molecule has 0 aromatic rings. The molecule has 2 saturated heterocycles. The topological polar surface area (TPSA) is 35.5 Å². The summed E-state index contributed by atoms with van der Waals surface area (Å²) < 4.78 is 0. The van der Waals surface area contributed by atoms with Gasteiger partial charge in [-0.2, -0.15) is 0 Å². The SMILES string of the molecule is CC1CCC(O)(CNC2CCN3CCCC23)CC1. The molecule has 104 valence electrons. The van der Waals surface area contributed by atoms with Crippen LogP contribution in [-0.4, -0.2) is 47.3 Å². The Hall–Kier alpha value is -0.120. The predicted molar refractivity (Wildman–Crippen MR) is 73.6 cm³/mol. The third kappa shape index (κ3) is 2.59. The van der Waals surface area contributed by atoms with Gasteiger partial charge in [-0.15, -0.1) is 0 Å². The lowest BCUT2D eigenvalue weighted by Crippen LogP contribution is -2.49. The van der Waals surface area contributed by atoms with Crippen LogP contribution >= 0.6 is 0 Å². The van der Waals surface area contributed by atoms with Crippen LogP contribution in [-0.2, 0) is 0 Å². The van der Waals surface area contributed by atoms with Gasteiger partial charge in [0, 0.05) is 25.2 Å². The third-order valence-electron chi connectivity index (χ3n) is 5.50. The molecule has 0 radical (unpaired) electrons. The van der Waals surface area contributed by atoms with E-state index in [0.29, 0.717) is 6.04 Å². The van der Waals surface area contributed by atoms with Gasteiger partial charge in [-0.3, -0.25) is 4.90 Å². The zero-order chi connectivity index (χ0) is 12.6. The zero-order valence-corrected chi connectivity index (χ0v) is 11.7. The average Bonchev–Trinajstić information content (AvgIpc) is 2.94. The highest BCUT2D eigenvalue weighted by molar-refractivity contribution is 4.97. The second kappa shape index (κ2) is 5.10. The molecule has 2 atom stereocenters. The van der Waals surface area contributed by atoms with E-state index in [1.54, 1.807) is 0 Å². The smallest absolute Gasteiger partial charge is 0.0771 e. The Morgan fingerprint density at radius 1 is 1.17 bits per heavy atom. The van der Waals surface area contributed by atoms with Gasteiger partial charge < -0.3 is 10.4 Å². The van der Waals surface area contributed by atoms with Crippen LogP contribution in [0.4, 0.5) is 0 Å². The van der Waals surface area contributed by atoms with Crippen molar-refractivity contribution in [3.05, 3.63) is 0 Å². The largest absolute Gasteiger partial charge is 0.389 e. The third-order valence-corrected chi connectivity index (χ3v) is 5.50. The maximum absolute atomic E-state index is 10.6. The molecule has 0 bridgehead atoms. The van der Waals surface area contributed by atoms with Crippen molar-refractivity contribution in [2.24, 2.45) is 5.92 Å². The van der Waals surface area contributed by atoms with Crippen molar-refractivity contribution < 1.29 is 5.11 Å². The Morgan fingerprint density at radius 2 is 1.94 bits per heavy atom. The number of nitrogens with zero attached hydrogens (tertiary/aromatic N) is 1. The van der Waals surface area contributed by atoms with Gasteiger partial charge in [0.1, 0.15) is 0 Å².